The fourth-order valence-corrected chi connectivity index (χ4v) is 6.13. The molecule has 1 aliphatic rings. The Morgan fingerprint density at radius 2 is 1.49 bits per heavy atom. The van der Waals surface area contributed by atoms with E-state index in [9.17, 15) is 0 Å². The molecule has 5 rings (SSSR count). The number of aryl methyl sites for hydroxylation is 2. The van der Waals surface area contributed by atoms with E-state index in [0.29, 0.717) is 5.04 Å². The highest BCUT2D eigenvalue weighted by atomic mass is 32.2. The lowest BCUT2D eigenvalue weighted by Gasteiger charge is -2.35. The summed E-state index contributed by atoms with van der Waals surface area (Å²) in [6.45, 7) is 8.73. The molecule has 0 fully saturated rings. The van der Waals surface area contributed by atoms with E-state index in [1.165, 1.54) is 22.9 Å². The van der Waals surface area contributed by atoms with E-state index in [4.69, 9.17) is 15.9 Å². The van der Waals surface area contributed by atoms with Gasteiger partial charge in [-0.05, 0) is 42.2 Å². The van der Waals surface area contributed by atoms with Crippen LogP contribution in [0.2, 0.25) is 0 Å². The second-order valence-electron chi connectivity index (χ2n) is 9.66. The molecule has 0 amide bonds. The summed E-state index contributed by atoms with van der Waals surface area (Å²) < 4.78 is 6.50. The Balaban J connectivity index is 1.51. The van der Waals surface area contributed by atoms with Crippen molar-refractivity contribution in [3.8, 4) is 22.6 Å². The SMILES string of the molecule is Cc1cc(-c2cccc3c2Oc2ccccc2C3(C)C)cc(C)c1C(N)SC(=N)c1ccccc1. The van der Waals surface area contributed by atoms with Crippen LogP contribution in [0.25, 0.3) is 11.1 Å². The molecule has 1 heterocycles. The van der Waals surface area contributed by atoms with Gasteiger partial charge in [0.05, 0.1) is 10.4 Å². The Bertz CT molecular complexity index is 1400. The minimum atomic E-state index is -0.316. The van der Waals surface area contributed by atoms with Crippen LogP contribution in [-0.2, 0) is 5.41 Å². The van der Waals surface area contributed by atoms with Gasteiger partial charge in [0.1, 0.15) is 11.5 Å². The van der Waals surface area contributed by atoms with E-state index < -0.39 is 0 Å². The van der Waals surface area contributed by atoms with Crippen LogP contribution < -0.4 is 10.5 Å². The van der Waals surface area contributed by atoms with Gasteiger partial charge in [0.15, 0.2) is 0 Å². The van der Waals surface area contributed by atoms with Crippen LogP contribution in [0.4, 0.5) is 0 Å². The number of thioether (sulfide) groups is 1. The fraction of sp³-hybridized carbons (Fsp3) is 0.194. The molecular weight excluding hydrogens is 448 g/mol. The summed E-state index contributed by atoms with van der Waals surface area (Å²) in [5, 5.41) is 8.66. The highest BCUT2D eigenvalue weighted by Crippen LogP contribution is 2.51. The largest absolute Gasteiger partial charge is 0.456 e. The van der Waals surface area contributed by atoms with E-state index in [-0.39, 0.29) is 10.8 Å². The first-order valence-electron chi connectivity index (χ1n) is 11.9. The molecule has 0 saturated carbocycles. The zero-order chi connectivity index (χ0) is 24.7. The minimum Gasteiger partial charge on any atom is -0.456 e. The summed E-state index contributed by atoms with van der Waals surface area (Å²) in [5.41, 5.74) is 15.3. The van der Waals surface area contributed by atoms with Gasteiger partial charge in [0, 0.05) is 27.7 Å². The summed E-state index contributed by atoms with van der Waals surface area (Å²) in [6, 6.07) is 28.9. The van der Waals surface area contributed by atoms with Gasteiger partial charge < -0.3 is 10.5 Å². The van der Waals surface area contributed by atoms with Crippen molar-refractivity contribution in [3.05, 3.63) is 118 Å². The van der Waals surface area contributed by atoms with Crippen LogP contribution in [-0.4, -0.2) is 5.04 Å². The Morgan fingerprint density at radius 3 is 2.20 bits per heavy atom. The number of rotatable bonds is 4. The molecule has 1 unspecified atom stereocenters. The zero-order valence-electron chi connectivity index (χ0n) is 20.6. The van der Waals surface area contributed by atoms with Crippen LogP contribution in [0.1, 0.15) is 52.6 Å². The molecule has 0 spiro atoms. The summed E-state index contributed by atoms with van der Waals surface area (Å²) in [5.74, 6) is 1.84. The van der Waals surface area contributed by atoms with Crippen LogP contribution >= 0.6 is 11.8 Å². The van der Waals surface area contributed by atoms with Crippen molar-refractivity contribution in [2.75, 3.05) is 0 Å². The van der Waals surface area contributed by atoms with Crippen molar-refractivity contribution in [2.24, 2.45) is 5.73 Å². The van der Waals surface area contributed by atoms with Crippen molar-refractivity contribution in [1.29, 1.82) is 5.41 Å². The lowest BCUT2D eigenvalue weighted by Crippen LogP contribution is -2.24. The first-order chi connectivity index (χ1) is 16.8. The van der Waals surface area contributed by atoms with Crippen LogP contribution in [0.3, 0.4) is 0 Å². The highest BCUT2D eigenvalue weighted by molar-refractivity contribution is 8.14. The molecule has 4 heteroatoms. The molecule has 1 atom stereocenters. The molecule has 0 aliphatic carbocycles. The van der Waals surface area contributed by atoms with Gasteiger partial charge >= 0.3 is 0 Å². The fourth-order valence-electron chi connectivity index (χ4n) is 5.12. The predicted molar refractivity (Wildman–Crippen MR) is 148 cm³/mol. The average molecular weight is 479 g/mol. The number of benzene rings is 4. The number of para-hydroxylation sites is 2. The molecule has 3 N–H and O–H groups in total. The van der Waals surface area contributed by atoms with Gasteiger partial charge in [-0.3, -0.25) is 5.41 Å². The van der Waals surface area contributed by atoms with Crippen LogP contribution in [0, 0.1) is 19.3 Å². The Hall–Kier alpha value is -3.34. The van der Waals surface area contributed by atoms with Gasteiger partial charge in [0.2, 0.25) is 0 Å². The summed E-state index contributed by atoms with van der Waals surface area (Å²) in [4.78, 5) is 0. The van der Waals surface area contributed by atoms with Gasteiger partial charge in [-0.1, -0.05) is 104 Å². The van der Waals surface area contributed by atoms with E-state index in [2.05, 4.69) is 70.2 Å². The third kappa shape index (κ3) is 4.18. The number of fused-ring (bicyclic) bond motifs is 2. The Labute approximate surface area is 211 Å². The quantitative estimate of drug-likeness (QED) is 0.177. The van der Waals surface area contributed by atoms with Gasteiger partial charge in [0.25, 0.3) is 0 Å². The standard InChI is InChI=1S/C31H30N2OS/c1-19-17-22(18-20(2)27(19)30(33)35-29(32)21-11-6-5-7-12-21)23-13-10-15-25-28(23)34-26-16-9-8-14-24(26)31(25,3)4/h5-18,30,32H,33H2,1-4H3. The molecule has 0 aromatic heterocycles. The lowest BCUT2D eigenvalue weighted by atomic mass is 9.75. The Morgan fingerprint density at radius 1 is 0.857 bits per heavy atom. The second kappa shape index (κ2) is 9.03. The molecule has 3 nitrogen and oxygen atoms in total. The zero-order valence-corrected chi connectivity index (χ0v) is 21.4. The average Bonchev–Trinajstić information content (AvgIpc) is 2.84. The van der Waals surface area contributed by atoms with E-state index in [1.54, 1.807) is 0 Å². The van der Waals surface area contributed by atoms with Crippen molar-refractivity contribution in [3.63, 3.8) is 0 Å². The molecule has 0 bridgehead atoms. The summed E-state index contributed by atoms with van der Waals surface area (Å²) >= 11 is 1.39. The number of ether oxygens (including phenoxy) is 1. The molecular formula is C31H30N2OS. The predicted octanol–water partition coefficient (Wildman–Crippen LogP) is 8.12. The van der Waals surface area contributed by atoms with Gasteiger partial charge in [-0.2, -0.15) is 0 Å². The number of hydrogen-bond acceptors (Lipinski definition) is 4. The van der Waals surface area contributed by atoms with Crippen molar-refractivity contribution >= 4 is 16.8 Å². The molecule has 4 aromatic rings. The Kier molecular flexibility index (Phi) is 6.04. The van der Waals surface area contributed by atoms with Gasteiger partial charge in [-0.15, -0.1) is 0 Å². The molecule has 0 saturated heterocycles. The van der Waals surface area contributed by atoms with Crippen LogP contribution in [0.15, 0.2) is 84.9 Å². The van der Waals surface area contributed by atoms with E-state index in [1.807, 2.05) is 42.5 Å². The molecule has 176 valence electrons. The third-order valence-electron chi connectivity index (χ3n) is 6.93. The maximum atomic E-state index is 8.49. The van der Waals surface area contributed by atoms with E-state index in [0.717, 1.165) is 44.9 Å². The smallest absolute Gasteiger partial charge is 0.139 e. The maximum Gasteiger partial charge on any atom is 0.139 e. The first kappa shape index (κ1) is 23.4. The summed E-state index contributed by atoms with van der Waals surface area (Å²) in [7, 11) is 0. The molecule has 35 heavy (non-hydrogen) atoms. The first-order valence-corrected chi connectivity index (χ1v) is 12.7. The summed E-state index contributed by atoms with van der Waals surface area (Å²) in [6.07, 6.45) is 0. The maximum absolute atomic E-state index is 8.49. The monoisotopic (exact) mass is 478 g/mol. The van der Waals surface area contributed by atoms with E-state index >= 15 is 0 Å². The van der Waals surface area contributed by atoms with Crippen molar-refractivity contribution in [1.82, 2.24) is 0 Å². The lowest BCUT2D eigenvalue weighted by molar-refractivity contribution is 0.419. The second-order valence-corrected chi connectivity index (χ2v) is 10.8. The number of nitrogens with two attached hydrogens (primary N) is 1. The van der Waals surface area contributed by atoms with Crippen molar-refractivity contribution < 1.29 is 4.74 Å². The topological polar surface area (TPSA) is 59.1 Å². The molecule has 1 aliphatic heterocycles. The minimum absolute atomic E-state index is 0.152. The number of nitrogens with one attached hydrogen (secondary N) is 1. The molecule has 0 radical (unpaired) electrons. The normalized spacial score (nSPS) is 14.4. The highest BCUT2D eigenvalue weighted by Gasteiger charge is 2.35. The van der Waals surface area contributed by atoms with Crippen molar-refractivity contribution in [2.45, 2.75) is 38.5 Å². The van der Waals surface area contributed by atoms with Gasteiger partial charge in [-0.25, -0.2) is 0 Å². The number of hydrogen-bond donors (Lipinski definition) is 2. The van der Waals surface area contributed by atoms with Crippen LogP contribution in [0.5, 0.6) is 11.5 Å². The molecule has 4 aromatic carbocycles. The third-order valence-corrected chi connectivity index (χ3v) is 7.89.